The quantitative estimate of drug-likeness (QED) is 0.0264. The van der Waals surface area contributed by atoms with Crippen LogP contribution in [-0.4, -0.2) is 37.2 Å². The van der Waals surface area contributed by atoms with Gasteiger partial charge in [0.1, 0.15) is 13.2 Å². The number of carbonyl (C=O) groups is 3. The van der Waals surface area contributed by atoms with Gasteiger partial charge in [0.25, 0.3) is 0 Å². The number of allylic oxidation sites excluding steroid dienone is 8. The van der Waals surface area contributed by atoms with E-state index in [1.165, 1.54) is 109 Å². The first-order valence-electron chi connectivity index (χ1n) is 24.6. The second-order valence-electron chi connectivity index (χ2n) is 16.4. The minimum atomic E-state index is -0.779. The second kappa shape index (κ2) is 47.1. The van der Waals surface area contributed by atoms with Crippen molar-refractivity contribution in [3.05, 3.63) is 48.6 Å². The van der Waals surface area contributed by atoms with Crippen LogP contribution in [0.2, 0.25) is 0 Å². The Balaban J connectivity index is 4.31. The highest BCUT2D eigenvalue weighted by Crippen LogP contribution is 2.14. The minimum Gasteiger partial charge on any atom is -0.462 e. The molecular formula is C52H92O6. The number of rotatable bonds is 44. The van der Waals surface area contributed by atoms with E-state index in [1.54, 1.807) is 0 Å². The Morgan fingerprint density at radius 2 is 0.621 bits per heavy atom. The van der Waals surface area contributed by atoms with E-state index in [4.69, 9.17) is 14.2 Å². The number of ether oxygens (including phenoxy) is 3. The van der Waals surface area contributed by atoms with Crippen molar-refractivity contribution in [1.29, 1.82) is 0 Å². The minimum absolute atomic E-state index is 0.0808. The highest BCUT2D eigenvalue weighted by Gasteiger charge is 2.19. The van der Waals surface area contributed by atoms with Crippen molar-refractivity contribution in [3.63, 3.8) is 0 Å². The predicted molar refractivity (Wildman–Crippen MR) is 247 cm³/mol. The van der Waals surface area contributed by atoms with E-state index in [0.717, 1.165) is 96.3 Å². The molecule has 0 aromatic heterocycles. The van der Waals surface area contributed by atoms with Gasteiger partial charge in [-0.15, -0.1) is 0 Å². The molecular weight excluding hydrogens is 721 g/mol. The molecule has 0 N–H and O–H groups in total. The van der Waals surface area contributed by atoms with Crippen molar-refractivity contribution in [2.45, 2.75) is 252 Å². The topological polar surface area (TPSA) is 78.9 Å². The van der Waals surface area contributed by atoms with Crippen molar-refractivity contribution in [1.82, 2.24) is 0 Å². The lowest BCUT2D eigenvalue weighted by molar-refractivity contribution is -0.167. The first kappa shape index (κ1) is 55.4. The summed E-state index contributed by atoms with van der Waals surface area (Å²) >= 11 is 0. The van der Waals surface area contributed by atoms with E-state index in [9.17, 15) is 14.4 Å². The average molecular weight is 813 g/mol. The summed E-state index contributed by atoms with van der Waals surface area (Å²) in [6, 6.07) is 0. The van der Waals surface area contributed by atoms with Crippen molar-refractivity contribution < 1.29 is 28.6 Å². The normalized spacial score (nSPS) is 12.4. The van der Waals surface area contributed by atoms with Crippen molar-refractivity contribution in [3.8, 4) is 0 Å². The van der Waals surface area contributed by atoms with Crippen molar-refractivity contribution in [2.24, 2.45) is 0 Å². The molecule has 0 rings (SSSR count). The molecule has 6 nitrogen and oxygen atoms in total. The van der Waals surface area contributed by atoms with Gasteiger partial charge >= 0.3 is 17.9 Å². The molecule has 0 heterocycles. The molecule has 0 amide bonds. The van der Waals surface area contributed by atoms with Crippen LogP contribution >= 0.6 is 0 Å². The van der Waals surface area contributed by atoms with Gasteiger partial charge in [-0.25, -0.2) is 0 Å². The lowest BCUT2D eigenvalue weighted by atomic mass is 10.1. The monoisotopic (exact) mass is 813 g/mol. The molecule has 0 saturated heterocycles. The van der Waals surface area contributed by atoms with E-state index in [1.807, 2.05) is 0 Å². The van der Waals surface area contributed by atoms with Crippen molar-refractivity contribution >= 4 is 17.9 Å². The fraction of sp³-hybridized carbons (Fsp3) is 0.788. The maximum atomic E-state index is 12.7. The van der Waals surface area contributed by atoms with Crippen LogP contribution in [-0.2, 0) is 28.6 Å². The number of hydrogen-bond donors (Lipinski definition) is 0. The third-order valence-electron chi connectivity index (χ3n) is 10.6. The Labute approximate surface area is 358 Å². The van der Waals surface area contributed by atoms with Gasteiger partial charge in [-0.05, 0) is 83.5 Å². The lowest BCUT2D eigenvalue weighted by Gasteiger charge is -2.18. The number of esters is 3. The standard InChI is InChI=1S/C52H92O6/c1-4-7-10-13-16-18-20-22-24-26-28-29-31-33-36-39-42-45-51(54)57-48-49(47-56-50(53)44-41-38-35-15-12-9-6-3)58-52(55)46-43-40-37-34-32-30-27-25-23-21-19-17-14-11-8-5-2/h16,18-19,21-22,24-25,27,49H,4-15,17,20,23,26,28-48H2,1-3H3/b18-16-,21-19-,24-22-,27-25-. The fourth-order valence-corrected chi connectivity index (χ4v) is 6.80. The molecule has 0 fully saturated rings. The van der Waals surface area contributed by atoms with Crippen LogP contribution < -0.4 is 0 Å². The Kier molecular flexibility index (Phi) is 44.9. The first-order valence-corrected chi connectivity index (χ1v) is 24.6. The Hall–Kier alpha value is -2.63. The summed E-state index contributed by atoms with van der Waals surface area (Å²) < 4.78 is 16.7. The maximum absolute atomic E-state index is 12.7. The first-order chi connectivity index (χ1) is 28.5. The van der Waals surface area contributed by atoms with Crippen LogP contribution in [0, 0.1) is 0 Å². The zero-order chi connectivity index (χ0) is 42.3. The van der Waals surface area contributed by atoms with E-state index >= 15 is 0 Å². The van der Waals surface area contributed by atoms with Gasteiger partial charge in [-0.1, -0.05) is 191 Å². The summed E-state index contributed by atoms with van der Waals surface area (Å²) in [5.74, 6) is -0.906. The molecule has 336 valence electrons. The number of carbonyl (C=O) groups excluding carboxylic acids is 3. The molecule has 0 spiro atoms. The molecule has 0 radical (unpaired) electrons. The van der Waals surface area contributed by atoms with Crippen LogP contribution in [0.4, 0.5) is 0 Å². The third-order valence-corrected chi connectivity index (χ3v) is 10.6. The number of unbranched alkanes of at least 4 members (excludes halogenated alkanes) is 25. The maximum Gasteiger partial charge on any atom is 0.306 e. The zero-order valence-corrected chi connectivity index (χ0v) is 38.3. The molecule has 0 aromatic carbocycles. The van der Waals surface area contributed by atoms with E-state index in [-0.39, 0.29) is 31.1 Å². The van der Waals surface area contributed by atoms with Gasteiger partial charge in [0.2, 0.25) is 0 Å². The Bertz CT molecular complexity index is 1030. The summed E-state index contributed by atoms with van der Waals surface area (Å²) in [4.78, 5) is 37.7. The summed E-state index contributed by atoms with van der Waals surface area (Å²) in [7, 11) is 0. The molecule has 1 atom stereocenters. The van der Waals surface area contributed by atoms with Gasteiger partial charge in [-0.2, -0.15) is 0 Å². The van der Waals surface area contributed by atoms with E-state index in [2.05, 4.69) is 69.4 Å². The Morgan fingerprint density at radius 3 is 1.00 bits per heavy atom. The summed E-state index contributed by atoms with van der Waals surface area (Å²) in [6.07, 6.45) is 55.3. The summed E-state index contributed by atoms with van der Waals surface area (Å²) in [5.41, 5.74) is 0. The molecule has 0 aromatic rings. The third kappa shape index (κ3) is 44.5. The molecule has 6 heteroatoms. The van der Waals surface area contributed by atoms with Gasteiger partial charge in [0.15, 0.2) is 6.10 Å². The molecule has 0 bridgehead atoms. The SMILES string of the molecule is CCCCC/C=C\C/C=C\CCCCCCCCCC(=O)OCC(COC(=O)CCCCCCCCC)OC(=O)CCCCCCC/C=C\C/C=C\CCCCCC. The Morgan fingerprint density at radius 1 is 0.345 bits per heavy atom. The van der Waals surface area contributed by atoms with Gasteiger partial charge in [0.05, 0.1) is 0 Å². The molecule has 0 aliphatic heterocycles. The van der Waals surface area contributed by atoms with Crippen molar-refractivity contribution in [2.75, 3.05) is 13.2 Å². The number of hydrogen-bond acceptors (Lipinski definition) is 6. The zero-order valence-electron chi connectivity index (χ0n) is 38.3. The van der Waals surface area contributed by atoms with Gasteiger partial charge < -0.3 is 14.2 Å². The van der Waals surface area contributed by atoms with Crippen LogP contribution in [0.1, 0.15) is 245 Å². The van der Waals surface area contributed by atoms with Gasteiger partial charge in [-0.3, -0.25) is 14.4 Å². The molecule has 0 saturated carbocycles. The largest absolute Gasteiger partial charge is 0.462 e. The molecule has 58 heavy (non-hydrogen) atoms. The summed E-state index contributed by atoms with van der Waals surface area (Å²) in [6.45, 7) is 6.54. The second-order valence-corrected chi connectivity index (χ2v) is 16.4. The molecule has 0 aliphatic carbocycles. The smallest absolute Gasteiger partial charge is 0.306 e. The van der Waals surface area contributed by atoms with Gasteiger partial charge in [0, 0.05) is 19.3 Å². The van der Waals surface area contributed by atoms with E-state index in [0.29, 0.717) is 19.3 Å². The molecule has 0 aliphatic rings. The van der Waals surface area contributed by atoms with Crippen LogP contribution in [0.25, 0.3) is 0 Å². The van der Waals surface area contributed by atoms with Crippen LogP contribution in [0.5, 0.6) is 0 Å². The fourth-order valence-electron chi connectivity index (χ4n) is 6.80. The van der Waals surface area contributed by atoms with Crippen LogP contribution in [0.3, 0.4) is 0 Å². The lowest BCUT2D eigenvalue weighted by Crippen LogP contribution is -2.30. The average Bonchev–Trinajstić information content (AvgIpc) is 3.22. The van der Waals surface area contributed by atoms with E-state index < -0.39 is 6.10 Å². The highest BCUT2D eigenvalue weighted by molar-refractivity contribution is 5.71. The summed E-state index contributed by atoms with van der Waals surface area (Å²) in [5, 5.41) is 0. The van der Waals surface area contributed by atoms with Crippen LogP contribution in [0.15, 0.2) is 48.6 Å². The highest BCUT2D eigenvalue weighted by atomic mass is 16.6. The predicted octanol–water partition coefficient (Wildman–Crippen LogP) is 15.9. The molecule has 1 unspecified atom stereocenters.